The molecule has 1 saturated heterocycles. The lowest BCUT2D eigenvalue weighted by Crippen LogP contribution is -2.43. The average Bonchev–Trinajstić information content (AvgIpc) is 2.94. The molecule has 1 N–H and O–H groups in total. The summed E-state index contributed by atoms with van der Waals surface area (Å²) in [6, 6.07) is 3.20. The van der Waals surface area contributed by atoms with Crippen molar-refractivity contribution in [3.63, 3.8) is 0 Å². The van der Waals surface area contributed by atoms with Gasteiger partial charge >= 0.3 is 0 Å². The Bertz CT molecular complexity index is 509. The normalized spacial score (nSPS) is 22.4. The predicted molar refractivity (Wildman–Crippen MR) is 75.0 cm³/mol. The molecule has 110 valence electrons. The first-order valence-corrected chi connectivity index (χ1v) is 7.12. The Morgan fingerprint density at radius 3 is 2.65 bits per heavy atom. The Morgan fingerprint density at radius 1 is 1.40 bits per heavy atom. The average molecular weight is 278 g/mol. The predicted octanol–water partition coefficient (Wildman–Crippen LogP) is 2.16. The summed E-state index contributed by atoms with van der Waals surface area (Å²) in [5, 5.41) is 3.19. The van der Waals surface area contributed by atoms with Crippen molar-refractivity contribution in [1.82, 2.24) is 10.2 Å². The Kier molecular flexibility index (Phi) is 4.28. The lowest BCUT2D eigenvalue weighted by molar-refractivity contribution is -0.141. The Balaban J connectivity index is 2.04. The molecule has 2 heterocycles. The molecule has 1 fully saturated rings. The lowest BCUT2D eigenvalue weighted by Gasteiger charge is -2.22. The molecule has 20 heavy (non-hydrogen) atoms. The van der Waals surface area contributed by atoms with Crippen LogP contribution in [0.4, 0.5) is 0 Å². The van der Waals surface area contributed by atoms with Gasteiger partial charge in [-0.2, -0.15) is 0 Å². The van der Waals surface area contributed by atoms with Crippen LogP contribution in [0.5, 0.6) is 0 Å². The van der Waals surface area contributed by atoms with Crippen molar-refractivity contribution >= 4 is 11.8 Å². The summed E-state index contributed by atoms with van der Waals surface area (Å²) in [6.45, 7) is 7.69. The van der Waals surface area contributed by atoms with Crippen LogP contribution in [0.25, 0.3) is 0 Å². The second-order valence-electron chi connectivity index (χ2n) is 5.45. The highest BCUT2D eigenvalue weighted by molar-refractivity contribution is 6.05. The van der Waals surface area contributed by atoms with E-state index in [4.69, 9.17) is 4.42 Å². The molecule has 1 aliphatic rings. The SMILES string of the molecule is CCC(C)N1C(=O)CC(NC(C)c2ccc(C)o2)C1=O. The molecule has 0 saturated carbocycles. The Hall–Kier alpha value is -1.62. The van der Waals surface area contributed by atoms with Gasteiger partial charge in [0.25, 0.3) is 0 Å². The minimum atomic E-state index is -0.447. The number of carbonyl (C=O) groups excluding carboxylic acids is 2. The largest absolute Gasteiger partial charge is 0.465 e. The van der Waals surface area contributed by atoms with Crippen molar-refractivity contribution in [1.29, 1.82) is 0 Å². The highest BCUT2D eigenvalue weighted by Gasteiger charge is 2.41. The van der Waals surface area contributed by atoms with Crippen molar-refractivity contribution < 1.29 is 14.0 Å². The van der Waals surface area contributed by atoms with Crippen molar-refractivity contribution in [2.45, 2.75) is 58.7 Å². The van der Waals surface area contributed by atoms with Gasteiger partial charge in [0.15, 0.2) is 0 Å². The number of nitrogens with one attached hydrogen (secondary N) is 1. The fourth-order valence-corrected chi connectivity index (χ4v) is 2.50. The third-order valence-corrected chi connectivity index (χ3v) is 3.85. The third kappa shape index (κ3) is 2.77. The van der Waals surface area contributed by atoms with Crippen LogP contribution in [0.2, 0.25) is 0 Å². The first-order chi connectivity index (χ1) is 9.43. The fourth-order valence-electron chi connectivity index (χ4n) is 2.50. The number of furan rings is 1. The van der Waals surface area contributed by atoms with Crippen LogP contribution < -0.4 is 5.32 Å². The first-order valence-electron chi connectivity index (χ1n) is 7.12. The monoisotopic (exact) mass is 278 g/mol. The van der Waals surface area contributed by atoms with Gasteiger partial charge in [-0.1, -0.05) is 6.92 Å². The van der Waals surface area contributed by atoms with E-state index in [-0.39, 0.29) is 30.3 Å². The zero-order chi connectivity index (χ0) is 14.9. The van der Waals surface area contributed by atoms with Crippen LogP contribution >= 0.6 is 0 Å². The van der Waals surface area contributed by atoms with E-state index in [0.29, 0.717) is 0 Å². The summed E-state index contributed by atoms with van der Waals surface area (Å²) in [5.74, 6) is 1.40. The summed E-state index contributed by atoms with van der Waals surface area (Å²) in [5.41, 5.74) is 0. The molecule has 1 aliphatic heterocycles. The number of likely N-dealkylation sites (tertiary alicyclic amines) is 1. The standard InChI is InChI=1S/C15H22N2O3/c1-5-9(2)17-14(18)8-12(15(17)19)16-11(4)13-7-6-10(3)20-13/h6-7,9,11-12,16H,5,8H2,1-4H3. The smallest absolute Gasteiger partial charge is 0.247 e. The maximum atomic E-state index is 12.3. The summed E-state index contributed by atoms with van der Waals surface area (Å²) >= 11 is 0. The number of aryl methyl sites for hydroxylation is 1. The highest BCUT2D eigenvalue weighted by Crippen LogP contribution is 2.22. The van der Waals surface area contributed by atoms with Gasteiger partial charge in [-0.15, -0.1) is 0 Å². The summed E-state index contributed by atoms with van der Waals surface area (Å²) in [6.07, 6.45) is 1.00. The molecule has 0 bridgehead atoms. The molecule has 2 amide bonds. The van der Waals surface area contributed by atoms with E-state index < -0.39 is 6.04 Å². The number of hydrogen-bond donors (Lipinski definition) is 1. The van der Waals surface area contributed by atoms with Gasteiger partial charge < -0.3 is 4.42 Å². The zero-order valence-electron chi connectivity index (χ0n) is 12.5. The zero-order valence-corrected chi connectivity index (χ0v) is 12.5. The van der Waals surface area contributed by atoms with Gasteiger partial charge in [0.05, 0.1) is 18.5 Å². The van der Waals surface area contributed by atoms with Crippen molar-refractivity contribution in [2.24, 2.45) is 0 Å². The lowest BCUT2D eigenvalue weighted by atomic mass is 10.2. The van der Waals surface area contributed by atoms with Crippen LogP contribution in [-0.2, 0) is 9.59 Å². The highest BCUT2D eigenvalue weighted by atomic mass is 16.3. The number of amides is 2. The van der Waals surface area contributed by atoms with Crippen molar-refractivity contribution in [2.75, 3.05) is 0 Å². The van der Waals surface area contributed by atoms with E-state index in [0.717, 1.165) is 17.9 Å². The number of carbonyl (C=O) groups is 2. The molecule has 1 aromatic heterocycles. The van der Waals surface area contributed by atoms with E-state index in [1.54, 1.807) is 0 Å². The minimum absolute atomic E-state index is 0.0389. The van der Waals surface area contributed by atoms with Gasteiger partial charge in [0, 0.05) is 6.04 Å². The maximum absolute atomic E-state index is 12.3. The van der Waals surface area contributed by atoms with Gasteiger partial charge in [-0.25, -0.2) is 0 Å². The quantitative estimate of drug-likeness (QED) is 0.838. The maximum Gasteiger partial charge on any atom is 0.247 e. The van der Waals surface area contributed by atoms with Crippen LogP contribution in [0.1, 0.15) is 51.2 Å². The number of nitrogens with zero attached hydrogens (tertiary/aromatic N) is 1. The van der Waals surface area contributed by atoms with Crippen LogP contribution in [0, 0.1) is 6.92 Å². The molecule has 3 unspecified atom stereocenters. The van der Waals surface area contributed by atoms with Gasteiger partial charge in [0.2, 0.25) is 11.8 Å². The van der Waals surface area contributed by atoms with Crippen molar-refractivity contribution in [3.05, 3.63) is 23.7 Å². The molecule has 3 atom stereocenters. The van der Waals surface area contributed by atoms with E-state index in [1.165, 1.54) is 4.90 Å². The molecule has 0 radical (unpaired) electrons. The van der Waals surface area contributed by atoms with Crippen LogP contribution in [0.3, 0.4) is 0 Å². The van der Waals surface area contributed by atoms with E-state index >= 15 is 0 Å². The minimum Gasteiger partial charge on any atom is -0.465 e. The van der Waals surface area contributed by atoms with Crippen molar-refractivity contribution in [3.8, 4) is 0 Å². The molecular formula is C15H22N2O3. The van der Waals surface area contributed by atoms with E-state index in [9.17, 15) is 9.59 Å². The van der Waals surface area contributed by atoms with Gasteiger partial charge in [-0.3, -0.25) is 19.8 Å². The van der Waals surface area contributed by atoms with Crippen LogP contribution in [-0.4, -0.2) is 28.8 Å². The second-order valence-corrected chi connectivity index (χ2v) is 5.45. The fraction of sp³-hybridized carbons (Fsp3) is 0.600. The first kappa shape index (κ1) is 14.8. The summed E-state index contributed by atoms with van der Waals surface area (Å²) in [7, 11) is 0. The molecule has 5 nitrogen and oxygen atoms in total. The molecule has 0 aromatic carbocycles. The van der Waals surface area contributed by atoms with Gasteiger partial charge in [-0.05, 0) is 39.3 Å². The molecule has 0 spiro atoms. The van der Waals surface area contributed by atoms with Crippen LogP contribution in [0.15, 0.2) is 16.5 Å². The topological polar surface area (TPSA) is 62.6 Å². The number of imide groups is 1. The molecule has 0 aliphatic carbocycles. The number of hydrogen-bond acceptors (Lipinski definition) is 4. The molecular weight excluding hydrogens is 256 g/mol. The van der Waals surface area contributed by atoms with Gasteiger partial charge in [0.1, 0.15) is 11.5 Å². The summed E-state index contributed by atoms with van der Waals surface area (Å²) in [4.78, 5) is 25.6. The molecule has 1 aromatic rings. The second kappa shape index (κ2) is 5.79. The van der Waals surface area contributed by atoms with E-state index in [1.807, 2.05) is 39.8 Å². The Labute approximate surface area is 119 Å². The molecule has 5 heteroatoms. The number of rotatable bonds is 5. The Morgan fingerprint density at radius 2 is 2.10 bits per heavy atom. The molecule has 2 rings (SSSR count). The third-order valence-electron chi connectivity index (χ3n) is 3.85. The van der Waals surface area contributed by atoms with E-state index in [2.05, 4.69) is 5.32 Å². The summed E-state index contributed by atoms with van der Waals surface area (Å²) < 4.78 is 5.54.